The lowest BCUT2D eigenvalue weighted by Gasteiger charge is -2.26. The van der Waals surface area contributed by atoms with Crippen LogP contribution in [-0.2, 0) is 17.7 Å². The Kier molecular flexibility index (Phi) is 5.97. The first-order chi connectivity index (χ1) is 13.0. The normalized spacial score (nSPS) is 12.3. The molecule has 3 rings (SSSR count). The van der Waals surface area contributed by atoms with Gasteiger partial charge in [-0.3, -0.25) is 0 Å². The van der Waals surface area contributed by atoms with E-state index in [9.17, 15) is 0 Å². The van der Waals surface area contributed by atoms with Crippen molar-refractivity contribution in [3.63, 3.8) is 0 Å². The summed E-state index contributed by atoms with van der Waals surface area (Å²) in [7, 11) is 0. The van der Waals surface area contributed by atoms with Gasteiger partial charge in [0.15, 0.2) is 5.82 Å². The first kappa shape index (κ1) is 19.6. The van der Waals surface area contributed by atoms with E-state index in [1.165, 1.54) is 0 Å². The lowest BCUT2D eigenvalue weighted by atomic mass is 9.94. The molecule has 6 heteroatoms. The number of anilines is 1. The van der Waals surface area contributed by atoms with E-state index in [1.807, 2.05) is 18.2 Å². The lowest BCUT2D eigenvalue weighted by molar-refractivity contribution is 0.0579. The number of hydrogen-bond donors (Lipinski definition) is 2. The number of fused-ring (bicyclic) bond motifs is 3. The van der Waals surface area contributed by atoms with Crippen molar-refractivity contribution in [2.24, 2.45) is 11.1 Å². The molecule has 0 unspecified atom stereocenters. The van der Waals surface area contributed by atoms with Gasteiger partial charge < -0.3 is 20.8 Å². The monoisotopic (exact) mass is 369 g/mol. The molecule has 0 aliphatic carbocycles. The third-order valence-electron chi connectivity index (χ3n) is 4.78. The van der Waals surface area contributed by atoms with Crippen molar-refractivity contribution in [3.05, 3.63) is 30.1 Å². The molecule has 0 aliphatic heterocycles. The Labute approximate surface area is 160 Å². The number of nitrogens with zero attached hydrogens (tertiary/aromatic N) is 3. The first-order valence-corrected chi connectivity index (χ1v) is 9.78. The minimum absolute atomic E-state index is 0.0527. The topological polar surface area (TPSA) is 92.0 Å². The largest absolute Gasteiger partial charge is 0.382 e. The second-order valence-electron chi connectivity index (χ2n) is 7.93. The van der Waals surface area contributed by atoms with Crippen LogP contribution in [0.15, 0.2) is 24.3 Å². The van der Waals surface area contributed by atoms with Gasteiger partial charge in [0, 0.05) is 30.3 Å². The quantitative estimate of drug-likeness (QED) is 0.563. The van der Waals surface area contributed by atoms with Crippen LogP contribution >= 0.6 is 0 Å². The molecule has 27 heavy (non-hydrogen) atoms. The van der Waals surface area contributed by atoms with E-state index >= 15 is 0 Å². The van der Waals surface area contributed by atoms with Crippen molar-refractivity contribution >= 4 is 27.8 Å². The Hall–Kier alpha value is -2.18. The molecular weight excluding hydrogens is 338 g/mol. The number of pyridine rings is 1. The van der Waals surface area contributed by atoms with E-state index in [0.717, 1.165) is 53.6 Å². The second-order valence-corrected chi connectivity index (χ2v) is 7.93. The van der Waals surface area contributed by atoms with E-state index < -0.39 is 0 Å². The Balaban J connectivity index is 2.12. The zero-order valence-electron chi connectivity index (χ0n) is 16.7. The molecule has 0 bridgehead atoms. The predicted octanol–water partition coefficient (Wildman–Crippen LogP) is 3.51. The van der Waals surface area contributed by atoms with Gasteiger partial charge in [0.25, 0.3) is 0 Å². The van der Waals surface area contributed by atoms with Gasteiger partial charge in [-0.2, -0.15) is 0 Å². The van der Waals surface area contributed by atoms with Gasteiger partial charge in [0.2, 0.25) is 0 Å². The zero-order chi connectivity index (χ0) is 19.4. The highest BCUT2D eigenvalue weighted by molar-refractivity contribution is 6.06. The average molecular weight is 370 g/mol. The SMILES string of the molecule is CCCCc1nc2c(N)nc3ccccc3c2n1CC(C)(C)COCCN. The van der Waals surface area contributed by atoms with E-state index in [4.69, 9.17) is 21.2 Å². The van der Waals surface area contributed by atoms with E-state index in [0.29, 0.717) is 25.6 Å². The van der Waals surface area contributed by atoms with E-state index in [-0.39, 0.29) is 5.41 Å². The van der Waals surface area contributed by atoms with Gasteiger partial charge in [-0.05, 0) is 12.5 Å². The zero-order valence-corrected chi connectivity index (χ0v) is 16.7. The molecule has 0 saturated carbocycles. The molecule has 0 amide bonds. The molecule has 146 valence electrons. The summed E-state index contributed by atoms with van der Waals surface area (Å²) < 4.78 is 8.08. The molecule has 2 heterocycles. The Bertz CT molecular complexity index is 916. The maximum Gasteiger partial charge on any atom is 0.152 e. The molecule has 0 aliphatic rings. The minimum Gasteiger partial charge on any atom is -0.382 e. The number of benzene rings is 1. The molecule has 3 aromatic rings. The Morgan fingerprint density at radius 2 is 1.96 bits per heavy atom. The summed E-state index contributed by atoms with van der Waals surface area (Å²) in [5.74, 6) is 1.57. The molecule has 0 saturated heterocycles. The van der Waals surface area contributed by atoms with Gasteiger partial charge in [-0.15, -0.1) is 0 Å². The van der Waals surface area contributed by atoms with Crippen molar-refractivity contribution in [2.45, 2.75) is 46.6 Å². The third kappa shape index (κ3) is 4.22. The van der Waals surface area contributed by atoms with Gasteiger partial charge in [-0.1, -0.05) is 45.4 Å². The van der Waals surface area contributed by atoms with E-state index in [2.05, 4.69) is 36.4 Å². The van der Waals surface area contributed by atoms with Crippen molar-refractivity contribution in [3.8, 4) is 0 Å². The maximum atomic E-state index is 6.27. The Morgan fingerprint density at radius 3 is 2.70 bits per heavy atom. The number of imidazole rings is 1. The van der Waals surface area contributed by atoms with Crippen LogP contribution in [-0.4, -0.2) is 34.3 Å². The van der Waals surface area contributed by atoms with Gasteiger partial charge in [0.05, 0.1) is 24.2 Å². The molecule has 4 N–H and O–H groups in total. The summed E-state index contributed by atoms with van der Waals surface area (Å²) in [5, 5.41) is 1.09. The smallest absolute Gasteiger partial charge is 0.152 e. The van der Waals surface area contributed by atoms with Crippen LogP contribution < -0.4 is 11.5 Å². The van der Waals surface area contributed by atoms with Crippen molar-refractivity contribution < 1.29 is 4.74 Å². The highest BCUT2D eigenvalue weighted by Gasteiger charge is 2.24. The number of unbranched alkanes of at least 4 members (excludes halogenated alkanes) is 1. The summed E-state index contributed by atoms with van der Waals surface area (Å²) in [6, 6.07) is 8.13. The molecule has 0 atom stereocenters. The highest BCUT2D eigenvalue weighted by Crippen LogP contribution is 2.32. The summed E-state index contributed by atoms with van der Waals surface area (Å²) in [4.78, 5) is 9.45. The Morgan fingerprint density at radius 1 is 1.19 bits per heavy atom. The minimum atomic E-state index is -0.0527. The van der Waals surface area contributed by atoms with Crippen LogP contribution in [0.5, 0.6) is 0 Å². The van der Waals surface area contributed by atoms with E-state index in [1.54, 1.807) is 0 Å². The molecule has 2 aromatic heterocycles. The number of nitrogens with two attached hydrogens (primary N) is 2. The lowest BCUT2D eigenvalue weighted by Crippen LogP contribution is -2.27. The van der Waals surface area contributed by atoms with Crippen molar-refractivity contribution in [2.75, 3.05) is 25.5 Å². The van der Waals surface area contributed by atoms with Crippen molar-refractivity contribution in [1.82, 2.24) is 14.5 Å². The number of hydrogen-bond acceptors (Lipinski definition) is 5. The van der Waals surface area contributed by atoms with Crippen LogP contribution in [0.3, 0.4) is 0 Å². The standard InChI is InChI=1S/C21H31N5O/c1-4-5-10-17-25-18-19(15-8-6-7-9-16(15)24-20(18)23)26(17)13-21(2,3)14-27-12-11-22/h6-9H,4-5,10-14,22H2,1-3H3,(H2,23,24). The number of rotatable bonds is 9. The summed E-state index contributed by atoms with van der Waals surface area (Å²) >= 11 is 0. The van der Waals surface area contributed by atoms with Gasteiger partial charge in [0.1, 0.15) is 11.3 Å². The molecule has 0 spiro atoms. The maximum absolute atomic E-state index is 6.27. The summed E-state index contributed by atoms with van der Waals surface area (Å²) in [5.41, 5.74) is 14.6. The van der Waals surface area contributed by atoms with Gasteiger partial charge in [-0.25, -0.2) is 9.97 Å². The average Bonchev–Trinajstić information content (AvgIpc) is 2.99. The number of nitrogen functional groups attached to an aromatic ring is 1. The van der Waals surface area contributed by atoms with Crippen LogP contribution in [0.4, 0.5) is 5.82 Å². The fourth-order valence-electron chi connectivity index (χ4n) is 3.51. The van der Waals surface area contributed by atoms with Crippen LogP contribution in [0.1, 0.15) is 39.4 Å². The highest BCUT2D eigenvalue weighted by atomic mass is 16.5. The molecule has 6 nitrogen and oxygen atoms in total. The van der Waals surface area contributed by atoms with Gasteiger partial charge >= 0.3 is 0 Å². The van der Waals surface area contributed by atoms with Crippen LogP contribution in [0.2, 0.25) is 0 Å². The second kappa shape index (κ2) is 8.23. The number of para-hydroxylation sites is 1. The summed E-state index contributed by atoms with van der Waals surface area (Å²) in [6.45, 7) is 9.20. The number of aromatic nitrogens is 3. The van der Waals surface area contributed by atoms with Crippen LogP contribution in [0.25, 0.3) is 21.9 Å². The number of aryl methyl sites for hydroxylation is 1. The van der Waals surface area contributed by atoms with Crippen LogP contribution in [0, 0.1) is 5.41 Å². The molecule has 0 fully saturated rings. The predicted molar refractivity (Wildman–Crippen MR) is 112 cm³/mol. The fraction of sp³-hybridized carbons (Fsp3) is 0.524. The fourth-order valence-corrected chi connectivity index (χ4v) is 3.51. The molecule has 0 radical (unpaired) electrons. The summed E-state index contributed by atoms with van der Waals surface area (Å²) in [6.07, 6.45) is 3.15. The third-order valence-corrected chi connectivity index (χ3v) is 4.78. The molecule has 1 aromatic carbocycles. The first-order valence-electron chi connectivity index (χ1n) is 9.78. The molecular formula is C21H31N5O. The van der Waals surface area contributed by atoms with Crippen molar-refractivity contribution in [1.29, 1.82) is 0 Å². The number of ether oxygens (including phenoxy) is 1.